The fourth-order valence-electron chi connectivity index (χ4n) is 2.79. The summed E-state index contributed by atoms with van der Waals surface area (Å²) >= 11 is 0. The lowest BCUT2D eigenvalue weighted by molar-refractivity contribution is -0.385. The zero-order valence-corrected chi connectivity index (χ0v) is 12.2. The van der Waals surface area contributed by atoms with Gasteiger partial charge in [-0.15, -0.1) is 0 Å². The molecule has 21 heavy (non-hydrogen) atoms. The van der Waals surface area contributed by atoms with E-state index in [-0.39, 0.29) is 17.3 Å². The molecule has 1 aromatic rings. The third-order valence-electron chi connectivity index (χ3n) is 4.16. The Bertz CT molecular complexity index is 553. The molecule has 7 heteroatoms. The number of nitrogens with zero attached hydrogens (tertiary/aromatic N) is 3. The number of pyridine rings is 1. The molecule has 1 heterocycles. The van der Waals surface area contributed by atoms with Crippen LogP contribution < -0.4 is 4.90 Å². The molecule has 1 N–H and O–H groups in total. The zero-order valence-electron chi connectivity index (χ0n) is 12.2. The molecule has 114 valence electrons. The molecular weight excluding hydrogens is 274 g/mol. The Morgan fingerprint density at radius 3 is 2.57 bits per heavy atom. The second-order valence-corrected chi connectivity index (χ2v) is 5.65. The molecule has 0 aromatic carbocycles. The number of carbonyl (C=O) groups is 1. The Morgan fingerprint density at radius 2 is 2.05 bits per heavy atom. The number of carboxylic acids is 1. The fourth-order valence-corrected chi connectivity index (χ4v) is 2.79. The van der Waals surface area contributed by atoms with Gasteiger partial charge in [-0.2, -0.15) is 0 Å². The van der Waals surface area contributed by atoms with E-state index in [0.29, 0.717) is 11.7 Å². The summed E-state index contributed by atoms with van der Waals surface area (Å²) in [5.74, 6) is -0.205. The highest BCUT2D eigenvalue weighted by molar-refractivity contribution is 5.94. The van der Waals surface area contributed by atoms with Gasteiger partial charge < -0.3 is 10.0 Å². The van der Waals surface area contributed by atoms with Crippen molar-refractivity contribution >= 4 is 17.5 Å². The molecule has 0 spiro atoms. The number of carboxylic acid groups (broad SMARTS) is 1. The molecule has 0 radical (unpaired) electrons. The van der Waals surface area contributed by atoms with E-state index in [4.69, 9.17) is 0 Å². The molecule has 0 bridgehead atoms. The molecule has 1 aliphatic rings. The van der Waals surface area contributed by atoms with Crippen LogP contribution in [0.5, 0.6) is 0 Å². The monoisotopic (exact) mass is 293 g/mol. The number of rotatable bonds is 4. The molecule has 0 unspecified atom stereocenters. The zero-order chi connectivity index (χ0) is 15.6. The van der Waals surface area contributed by atoms with Crippen LogP contribution in [-0.4, -0.2) is 34.1 Å². The Labute approximate surface area is 122 Å². The predicted octanol–water partition coefficient (Wildman–Crippen LogP) is 2.70. The Hall–Kier alpha value is -2.18. The largest absolute Gasteiger partial charge is 0.478 e. The number of anilines is 1. The summed E-state index contributed by atoms with van der Waals surface area (Å²) < 4.78 is 0. The third-order valence-corrected chi connectivity index (χ3v) is 4.16. The first kappa shape index (κ1) is 15.2. The van der Waals surface area contributed by atoms with E-state index in [1.165, 1.54) is 0 Å². The fraction of sp³-hybridized carbons (Fsp3) is 0.571. The maximum Gasteiger partial charge on any atom is 0.339 e. The minimum atomic E-state index is -1.20. The lowest BCUT2D eigenvalue weighted by Crippen LogP contribution is -2.36. The van der Waals surface area contributed by atoms with Crippen molar-refractivity contribution in [2.24, 2.45) is 5.92 Å². The number of nitro groups is 1. The van der Waals surface area contributed by atoms with E-state index in [1.807, 2.05) is 4.90 Å². The second-order valence-electron chi connectivity index (χ2n) is 5.65. The normalized spacial score (nSPS) is 21.8. The first-order valence-corrected chi connectivity index (χ1v) is 7.00. The van der Waals surface area contributed by atoms with Gasteiger partial charge in [0, 0.05) is 19.2 Å². The minimum absolute atomic E-state index is 0.120. The lowest BCUT2D eigenvalue weighted by Gasteiger charge is -2.34. The van der Waals surface area contributed by atoms with Crippen molar-refractivity contribution in [1.82, 2.24) is 4.98 Å². The molecular formula is C14H19N3O4. The average Bonchev–Trinajstić information content (AvgIpc) is 2.46. The molecule has 0 aliphatic heterocycles. The highest BCUT2D eigenvalue weighted by Gasteiger charge is 2.27. The van der Waals surface area contributed by atoms with Crippen molar-refractivity contribution in [3.63, 3.8) is 0 Å². The van der Waals surface area contributed by atoms with Gasteiger partial charge in [-0.05, 0) is 31.6 Å². The summed E-state index contributed by atoms with van der Waals surface area (Å²) in [5, 5.41) is 20.0. The Morgan fingerprint density at radius 1 is 1.43 bits per heavy atom. The lowest BCUT2D eigenvalue weighted by atomic mass is 9.86. The Kier molecular flexibility index (Phi) is 4.40. The van der Waals surface area contributed by atoms with Crippen LogP contribution >= 0.6 is 0 Å². The standard InChI is InChI=1S/C14H19N3O4/c1-9-3-5-10(6-4-9)16(2)13-12(14(18)19)7-11(8-15-13)17(20)21/h7-10H,3-6H2,1-2H3,(H,18,19). The SMILES string of the molecule is CC1CCC(N(C)c2ncc([N+](=O)[O-])cc2C(=O)O)CC1. The van der Waals surface area contributed by atoms with Crippen LogP contribution in [-0.2, 0) is 0 Å². The summed E-state index contributed by atoms with van der Waals surface area (Å²) in [5.41, 5.74) is -0.424. The number of aromatic nitrogens is 1. The molecule has 2 rings (SSSR count). The quantitative estimate of drug-likeness (QED) is 0.677. The second kappa shape index (κ2) is 6.07. The average molecular weight is 293 g/mol. The van der Waals surface area contributed by atoms with E-state index in [1.54, 1.807) is 7.05 Å². The maximum atomic E-state index is 11.3. The van der Waals surface area contributed by atoms with Crippen LogP contribution in [0.4, 0.5) is 11.5 Å². The van der Waals surface area contributed by atoms with Crippen molar-refractivity contribution < 1.29 is 14.8 Å². The van der Waals surface area contributed by atoms with Crippen molar-refractivity contribution in [1.29, 1.82) is 0 Å². The summed E-state index contributed by atoms with van der Waals surface area (Å²) in [6, 6.07) is 1.31. The number of hydrogen-bond donors (Lipinski definition) is 1. The van der Waals surface area contributed by atoms with Crippen LogP contribution in [0.2, 0.25) is 0 Å². The molecule has 1 aromatic heterocycles. The molecule has 7 nitrogen and oxygen atoms in total. The summed E-state index contributed by atoms with van der Waals surface area (Å²) in [6.07, 6.45) is 5.28. The van der Waals surface area contributed by atoms with Crippen LogP contribution in [0.3, 0.4) is 0 Å². The summed E-state index contributed by atoms with van der Waals surface area (Å²) in [4.78, 5) is 27.3. The van der Waals surface area contributed by atoms with E-state index < -0.39 is 10.9 Å². The molecule has 1 saturated carbocycles. The van der Waals surface area contributed by atoms with Crippen molar-refractivity contribution in [2.75, 3.05) is 11.9 Å². The predicted molar refractivity (Wildman–Crippen MR) is 77.7 cm³/mol. The Balaban J connectivity index is 2.29. The van der Waals surface area contributed by atoms with E-state index in [0.717, 1.165) is 37.9 Å². The van der Waals surface area contributed by atoms with Crippen LogP contribution in [0, 0.1) is 16.0 Å². The van der Waals surface area contributed by atoms with E-state index in [9.17, 15) is 20.0 Å². The smallest absolute Gasteiger partial charge is 0.339 e. The van der Waals surface area contributed by atoms with Crippen LogP contribution in [0.25, 0.3) is 0 Å². The van der Waals surface area contributed by atoms with Gasteiger partial charge in [0.25, 0.3) is 5.69 Å². The van der Waals surface area contributed by atoms with E-state index in [2.05, 4.69) is 11.9 Å². The topological polar surface area (TPSA) is 96.6 Å². The van der Waals surface area contributed by atoms with Gasteiger partial charge >= 0.3 is 5.97 Å². The van der Waals surface area contributed by atoms with Crippen molar-refractivity contribution in [2.45, 2.75) is 38.6 Å². The number of hydrogen-bond acceptors (Lipinski definition) is 5. The van der Waals surface area contributed by atoms with Crippen LogP contribution in [0.15, 0.2) is 12.3 Å². The van der Waals surface area contributed by atoms with Gasteiger partial charge in [0.05, 0.1) is 4.92 Å². The van der Waals surface area contributed by atoms with Gasteiger partial charge in [-0.25, -0.2) is 9.78 Å². The first-order chi connectivity index (χ1) is 9.90. The van der Waals surface area contributed by atoms with Gasteiger partial charge in [0.1, 0.15) is 17.6 Å². The van der Waals surface area contributed by atoms with Gasteiger partial charge in [0.15, 0.2) is 0 Å². The minimum Gasteiger partial charge on any atom is -0.478 e. The highest BCUT2D eigenvalue weighted by Crippen LogP contribution is 2.31. The van der Waals surface area contributed by atoms with E-state index >= 15 is 0 Å². The highest BCUT2D eigenvalue weighted by atomic mass is 16.6. The molecule has 1 aliphatic carbocycles. The molecule has 0 amide bonds. The van der Waals surface area contributed by atoms with Crippen LogP contribution in [0.1, 0.15) is 43.0 Å². The molecule has 0 saturated heterocycles. The van der Waals surface area contributed by atoms with Gasteiger partial charge in [-0.3, -0.25) is 10.1 Å². The first-order valence-electron chi connectivity index (χ1n) is 7.00. The molecule has 0 atom stereocenters. The summed E-state index contributed by atoms with van der Waals surface area (Å²) in [7, 11) is 1.81. The van der Waals surface area contributed by atoms with Gasteiger partial charge in [0.2, 0.25) is 0 Å². The molecule has 1 fully saturated rings. The van der Waals surface area contributed by atoms with Crippen molar-refractivity contribution in [3.8, 4) is 0 Å². The summed E-state index contributed by atoms with van der Waals surface area (Å²) in [6.45, 7) is 2.21. The third kappa shape index (κ3) is 3.29. The maximum absolute atomic E-state index is 11.3. The van der Waals surface area contributed by atoms with Crippen molar-refractivity contribution in [3.05, 3.63) is 27.9 Å². The van der Waals surface area contributed by atoms with Gasteiger partial charge in [-0.1, -0.05) is 6.92 Å². The number of aromatic carboxylic acids is 1.